The molecule has 2 aromatic heterocycles. The summed E-state index contributed by atoms with van der Waals surface area (Å²) in [5, 5.41) is 4.63. The van der Waals surface area contributed by atoms with Gasteiger partial charge in [-0.05, 0) is 18.2 Å². The topological polar surface area (TPSA) is 77.5 Å². The van der Waals surface area contributed by atoms with Crippen LogP contribution in [0.3, 0.4) is 0 Å². The van der Waals surface area contributed by atoms with E-state index in [0.29, 0.717) is 17.2 Å². The maximum absolute atomic E-state index is 12.9. The van der Waals surface area contributed by atoms with Crippen LogP contribution in [-0.4, -0.2) is 27.6 Å². The number of methoxy groups -OCH3 is 2. The van der Waals surface area contributed by atoms with E-state index in [0.717, 1.165) is 27.6 Å². The lowest BCUT2D eigenvalue weighted by atomic mass is 9.93. The van der Waals surface area contributed by atoms with E-state index in [4.69, 9.17) is 9.47 Å². The fraction of sp³-hybridized carbons (Fsp3) is 0.316. The second-order valence-electron chi connectivity index (χ2n) is 7.11. The monoisotopic (exact) mass is 438 g/mol. The summed E-state index contributed by atoms with van der Waals surface area (Å²) in [7, 11) is -0.766. The van der Waals surface area contributed by atoms with Crippen LogP contribution in [-0.2, 0) is 15.4 Å². The lowest BCUT2D eigenvalue weighted by molar-refractivity contribution is 0.405. The van der Waals surface area contributed by atoms with Crippen LogP contribution in [0.25, 0.3) is 10.6 Å². The van der Waals surface area contributed by atoms with E-state index < -0.39 is 10.0 Å². The molecule has 0 spiro atoms. The Kier molecular flexibility index (Phi) is 5.69. The van der Waals surface area contributed by atoms with E-state index in [1.807, 2.05) is 10.8 Å². The smallest absolute Gasteiger partial charge is 0.271 e. The number of hydrogen-bond acceptors (Lipinski definition) is 7. The number of rotatable bonds is 6. The van der Waals surface area contributed by atoms with Gasteiger partial charge in [0.1, 0.15) is 20.7 Å². The zero-order valence-corrected chi connectivity index (χ0v) is 18.7. The zero-order valence-electron chi connectivity index (χ0n) is 16.3. The van der Waals surface area contributed by atoms with Crippen LogP contribution < -0.4 is 14.2 Å². The Morgan fingerprint density at radius 1 is 1.04 bits per heavy atom. The Morgan fingerprint density at radius 2 is 1.79 bits per heavy atom. The molecule has 0 atom stereocenters. The number of ether oxygens (including phenoxy) is 2. The molecule has 6 nitrogen and oxygen atoms in total. The number of hydrogen-bond donors (Lipinski definition) is 1. The number of thiazole rings is 1. The lowest BCUT2D eigenvalue weighted by Gasteiger charge is -2.14. The van der Waals surface area contributed by atoms with E-state index in [-0.39, 0.29) is 9.62 Å². The van der Waals surface area contributed by atoms with Crippen molar-refractivity contribution in [3.05, 3.63) is 40.7 Å². The quantitative estimate of drug-likeness (QED) is 0.587. The van der Waals surface area contributed by atoms with Crippen molar-refractivity contribution in [2.24, 2.45) is 0 Å². The first kappa shape index (κ1) is 20.6. The number of benzene rings is 1. The summed E-state index contributed by atoms with van der Waals surface area (Å²) in [5.41, 5.74) is 2.05. The van der Waals surface area contributed by atoms with E-state index in [9.17, 15) is 8.42 Å². The molecule has 3 rings (SSSR count). The Balaban J connectivity index is 1.89. The Morgan fingerprint density at radius 3 is 2.39 bits per heavy atom. The Labute approximate surface area is 173 Å². The summed E-state index contributed by atoms with van der Waals surface area (Å²) in [6.45, 7) is 6.29. The van der Waals surface area contributed by atoms with Gasteiger partial charge in [-0.15, -0.1) is 22.7 Å². The number of anilines is 1. The number of nitrogens with one attached hydrogen (secondary N) is 1. The van der Waals surface area contributed by atoms with Crippen molar-refractivity contribution in [2.75, 3.05) is 18.9 Å². The number of nitrogens with zero attached hydrogens (tertiary/aromatic N) is 1. The molecule has 0 fully saturated rings. The van der Waals surface area contributed by atoms with Crippen molar-refractivity contribution in [2.45, 2.75) is 30.4 Å². The molecule has 0 radical (unpaired) electrons. The third kappa shape index (κ3) is 4.31. The molecule has 2 heterocycles. The van der Waals surface area contributed by atoms with Gasteiger partial charge in [0.15, 0.2) is 0 Å². The van der Waals surface area contributed by atoms with Gasteiger partial charge >= 0.3 is 0 Å². The van der Waals surface area contributed by atoms with E-state index in [1.54, 1.807) is 24.3 Å². The minimum Gasteiger partial charge on any atom is -0.497 e. The van der Waals surface area contributed by atoms with Crippen molar-refractivity contribution in [3.63, 3.8) is 0 Å². The van der Waals surface area contributed by atoms with Gasteiger partial charge in [-0.1, -0.05) is 20.8 Å². The molecule has 0 saturated heterocycles. The molecule has 1 aromatic carbocycles. The highest BCUT2D eigenvalue weighted by atomic mass is 32.2. The highest BCUT2D eigenvalue weighted by molar-refractivity contribution is 7.94. The zero-order chi connectivity index (χ0) is 20.5. The maximum Gasteiger partial charge on any atom is 0.271 e. The molecule has 0 aliphatic rings. The van der Waals surface area contributed by atoms with Crippen molar-refractivity contribution < 1.29 is 17.9 Å². The van der Waals surface area contributed by atoms with Crippen LogP contribution in [0.15, 0.2) is 39.2 Å². The van der Waals surface area contributed by atoms with E-state index >= 15 is 0 Å². The molecule has 0 aliphatic carbocycles. The fourth-order valence-electron chi connectivity index (χ4n) is 2.41. The second-order valence-corrected chi connectivity index (χ2v) is 10.8. The highest BCUT2D eigenvalue weighted by Gasteiger charge is 2.22. The van der Waals surface area contributed by atoms with E-state index in [2.05, 4.69) is 30.5 Å². The summed E-state index contributed by atoms with van der Waals surface area (Å²) in [5.74, 6) is 0.943. The van der Waals surface area contributed by atoms with Crippen LogP contribution in [0.1, 0.15) is 26.5 Å². The molecule has 0 aliphatic heterocycles. The number of sulfonamides is 1. The molecule has 3 aromatic rings. The maximum atomic E-state index is 12.9. The molecular formula is C19H22N2O4S3. The average molecular weight is 439 g/mol. The Bertz CT molecular complexity index is 1080. The number of aromatic nitrogens is 1. The molecule has 0 unspecified atom stereocenters. The SMILES string of the molecule is COc1ccc(OC)c(NS(=O)(=O)c2cc(-c3nc(C(C)(C)C)cs3)cs2)c1. The number of thiophene rings is 1. The highest BCUT2D eigenvalue weighted by Crippen LogP contribution is 2.35. The Hall–Kier alpha value is -2.10. The predicted octanol–water partition coefficient (Wildman–Crippen LogP) is 4.99. The summed E-state index contributed by atoms with van der Waals surface area (Å²) < 4.78 is 38.9. The molecule has 0 saturated carbocycles. The first-order valence-electron chi connectivity index (χ1n) is 8.44. The summed E-state index contributed by atoms with van der Waals surface area (Å²) >= 11 is 2.67. The van der Waals surface area contributed by atoms with Gasteiger partial charge in [0.25, 0.3) is 10.0 Å². The van der Waals surface area contributed by atoms with Crippen LogP contribution >= 0.6 is 22.7 Å². The molecule has 0 amide bonds. The third-order valence-electron chi connectivity index (χ3n) is 4.01. The summed E-state index contributed by atoms with van der Waals surface area (Å²) in [6, 6.07) is 6.58. The van der Waals surface area contributed by atoms with Crippen LogP contribution in [0.5, 0.6) is 11.5 Å². The van der Waals surface area contributed by atoms with Crippen LogP contribution in [0.2, 0.25) is 0 Å². The van der Waals surface area contributed by atoms with Crippen LogP contribution in [0.4, 0.5) is 5.69 Å². The van der Waals surface area contributed by atoms with Gasteiger partial charge in [-0.3, -0.25) is 4.72 Å². The average Bonchev–Trinajstić information content (AvgIpc) is 3.30. The molecule has 28 heavy (non-hydrogen) atoms. The first-order valence-corrected chi connectivity index (χ1v) is 11.7. The van der Waals surface area contributed by atoms with Gasteiger partial charge in [0.05, 0.1) is 25.6 Å². The first-order chi connectivity index (χ1) is 13.1. The lowest BCUT2D eigenvalue weighted by Crippen LogP contribution is -2.12. The van der Waals surface area contributed by atoms with Crippen LogP contribution in [0, 0.1) is 0 Å². The molecule has 1 N–H and O–H groups in total. The van der Waals surface area contributed by atoms with Crippen molar-refractivity contribution in [1.82, 2.24) is 4.98 Å². The summed E-state index contributed by atoms with van der Waals surface area (Å²) in [6.07, 6.45) is 0. The van der Waals surface area contributed by atoms with Gasteiger partial charge in [0, 0.05) is 27.8 Å². The van der Waals surface area contributed by atoms with Crippen molar-refractivity contribution in [1.29, 1.82) is 0 Å². The fourth-order valence-corrected chi connectivity index (χ4v) is 5.74. The van der Waals surface area contributed by atoms with Gasteiger partial charge < -0.3 is 9.47 Å². The van der Waals surface area contributed by atoms with Crippen molar-refractivity contribution in [3.8, 4) is 22.1 Å². The molecule has 0 bridgehead atoms. The molecule has 9 heteroatoms. The summed E-state index contributed by atoms with van der Waals surface area (Å²) in [4.78, 5) is 4.65. The minimum atomic E-state index is -3.77. The standard InChI is InChI=1S/C19H22N2O4S3/c1-19(2,3)16-11-27-18(20-16)12-8-17(26-10-12)28(22,23)21-14-9-13(24-4)6-7-15(14)25-5/h6-11,21H,1-5H3. The molecule has 150 valence electrons. The van der Waals surface area contributed by atoms with Gasteiger partial charge in [-0.2, -0.15) is 0 Å². The minimum absolute atomic E-state index is 0.0514. The van der Waals surface area contributed by atoms with Crippen molar-refractivity contribution >= 4 is 38.4 Å². The third-order valence-corrected chi connectivity index (χ3v) is 7.71. The largest absolute Gasteiger partial charge is 0.497 e. The van der Waals surface area contributed by atoms with Gasteiger partial charge in [-0.25, -0.2) is 13.4 Å². The van der Waals surface area contributed by atoms with Gasteiger partial charge in [0.2, 0.25) is 0 Å². The van der Waals surface area contributed by atoms with E-state index in [1.165, 1.54) is 25.6 Å². The predicted molar refractivity (Wildman–Crippen MR) is 114 cm³/mol. The second kappa shape index (κ2) is 7.73. The normalized spacial score (nSPS) is 12.0. The molecular weight excluding hydrogens is 416 g/mol.